The molecule has 2 atom stereocenters. The van der Waals surface area contributed by atoms with Gasteiger partial charge in [-0.15, -0.1) is 0 Å². The maximum absolute atomic E-state index is 9.99. The number of hydrogen-bond acceptors (Lipinski definition) is 2. The van der Waals surface area contributed by atoms with E-state index in [9.17, 15) is 10.2 Å². The molecule has 1 heterocycles. The van der Waals surface area contributed by atoms with Gasteiger partial charge in [0.15, 0.2) is 0 Å². The first-order chi connectivity index (χ1) is 7.57. The van der Waals surface area contributed by atoms with E-state index >= 15 is 0 Å². The zero-order valence-corrected chi connectivity index (χ0v) is 12.5. The topological polar surface area (TPSA) is 45.4 Å². The lowest BCUT2D eigenvalue weighted by Crippen LogP contribution is -1.94. The van der Waals surface area contributed by atoms with Crippen LogP contribution in [0, 0.1) is 0 Å². The van der Waals surface area contributed by atoms with E-state index < -0.39 is 7.30 Å². The predicted molar refractivity (Wildman–Crippen MR) is 77.7 cm³/mol. The highest BCUT2D eigenvalue weighted by Crippen LogP contribution is 2.59. The highest BCUT2D eigenvalue weighted by molar-refractivity contribution is 8.54. The Balaban J connectivity index is 2.87. The Labute approximate surface area is 100 Å². The van der Waals surface area contributed by atoms with E-state index in [4.69, 9.17) is 0 Å². The summed E-state index contributed by atoms with van der Waals surface area (Å²) in [6.07, 6.45) is 0. The second-order valence-electron chi connectivity index (χ2n) is 3.35. The van der Waals surface area contributed by atoms with E-state index in [1.54, 1.807) is 7.05 Å². The summed E-state index contributed by atoms with van der Waals surface area (Å²) in [6.45, 7) is 0. The molecule has 0 bridgehead atoms. The fourth-order valence-corrected chi connectivity index (χ4v) is 4.89. The second-order valence-corrected chi connectivity index (χ2v) is 11.3. The van der Waals surface area contributed by atoms with Crippen molar-refractivity contribution >= 4 is 48.4 Å². The second kappa shape index (κ2) is 4.59. The molecule has 0 saturated heterocycles. The molecule has 16 heavy (non-hydrogen) atoms. The molecule has 0 aliphatic carbocycles. The van der Waals surface area contributed by atoms with Crippen LogP contribution in [0.15, 0.2) is 18.2 Å². The van der Waals surface area contributed by atoms with Crippen LogP contribution in [0.4, 0.5) is 0 Å². The van der Waals surface area contributed by atoms with Crippen LogP contribution in [0.5, 0.6) is 11.8 Å². The number of nitrogens with zero attached hydrogens (tertiary/aromatic N) is 1. The molecule has 1 aromatic heterocycles. The van der Waals surface area contributed by atoms with Gasteiger partial charge in [0.1, 0.15) is 0 Å². The monoisotopic (exact) mass is 289 g/mol. The van der Waals surface area contributed by atoms with Crippen LogP contribution in [0.2, 0.25) is 0 Å². The summed E-state index contributed by atoms with van der Waals surface area (Å²) in [4.78, 5) is 0. The minimum Gasteiger partial charge on any atom is -0.494 e. The number of benzene rings is 1. The van der Waals surface area contributed by atoms with Crippen LogP contribution < -0.4 is 5.30 Å². The Kier molecular flexibility index (Phi) is 3.53. The number of aromatic nitrogens is 1. The van der Waals surface area contributed by atoms with E-state index in [0.29, 0.717) is 5.39 Å². The van der Waals surface area contributed by atoms with E-state index in [2.05, 4.69) is 17.5 Å². The van der Waals surface area contributed by atoms with E-state index in [1.165, 1.54) is 4.57 Å². The first kappa shape index (κ1) is 12.3. The zero-order valence-electron chi connectivity index (χ0n) is 8.55. The smallest absolute Gasteiger partial charge is 0.202 e. The van der Waals surface area contributed by atoms with Crippen molar-refractivity contribution in [1.29, 1.82) is 0 Å². The third kappa shape index (κ3) is 1.77. The van der Waals surface area contributed by atoms with Crippen LogP contribution in [0.1, 0.15) is 0 Å². The third-order valence-corrected chi connectivity index (χ3v) is 10.8. The third-order valence-electron chi connectivity index (χ3n) is 2.50. The summed E-state index contributed by atoms with van der Waals surface area (Å²) in [5.74, 6) is 0.224. The molecule has 1 aromatic carbocycles. The van der Waals surface area contributed by atoms with Crippen molar-refractivity contribution in [3.05, 3.63) is 18.2 Å². The first-order valence-electron chi connectivity index (χ1n) is 4.49. The molecule has 0 spiro atoms. The van der Waals surface area contributed by atoms with Gasteiger partial charge in [0.2, 0.25) is 11.8 Å². The number of aromatic hydroxyl groups is 2. The van der Waals surface area contributed by atoms with E-state index in [0.717, 1.165) is 18.2 Å². The maximum Gasteiger partial charge on any atom is 0.202 e. The van der Waals surface area contributed by atoms with Gasteiger partial charge in [-0.25, -0.2) is 0 Å². The molecule has 0 aliphatic heterocycles. The lowest BCUT2D eigenvalue weighted by molar-refractivity contribution is 0.391. The van der Waals surface area contributed by atoms with Crippen LogP contribution in [0.3, 0.4) is 0 Å². The van der Waals surface area contributed by atoms with Crippen molar-refractivity contribution in [2.75, 3.05) is 0 Å². The van der Waals surface area contributed by atoms with Gasteiger partial charge in [-0.05, 0) is 13.6 Å². The van der Waals surface area contributed by atoms with Crippen molar-refractivity contribution in [2.24, 2.45) is 7.05 Å². The molecule has 2 unspecified atom stereocenters. The van der Waals surface area contributed by atoms with Gasteiger partial charge in [-0.1, -0.05) is 29.6 Å². The molecule has 84 valence electrons. The minimum atomic E-state index is -0.470. The largest absolute Gasteiger partial charge is 0.494 e. The summed E-state index contributed by atoms with van der Waals surface area (Å²) < 4.78 is 1.40. The van der Waals surface area contributed by atoms with Crippen molar-refractivity contribution in [3.8, 4) is 11.8 Å². The normalized spacial score (nSPS) is 13.4. The van der Waals surface area contributed by atoms with Crippen LogP contribution >= 0.6 is 32.3 Å². The zero-order chi connectivity index (χ0) is 11.9. The molecule has 3 nitrogen and oxygen atoms in total. The summed E-state index contributed by atoms with van der Waals surface area (Å²) in [5, 5.41) is 22.3. The van der Waals surface area contributed by atoms with Gasteiger partial charge in [0, 0.05) is 25.0 Å². The fourth-order valence-electron chi connectivity index (χ4n) is 1.65. The summed E-state index contributed by atoms with van der Waals surface area (Å²) in [7, 11) is 8.49. The molecule has 0 amide bonds. The standard InChI is InChI=1S/C9H11NO2P4/c1-10-8(11)5-3-2-4-6(16(14)15-13)7(5)9(10)12/h2-4,11-13H,14H2,1H3. The van der Waals surface area contributed by atoms with Gasteiger partial charge in [0.05, 0.1) is 5.39 Å². The molecule has 0 fully saturated rings. The Morgan fingerprint density at radius 2 is 2.06 bits per heavy atom. The number of fused-ring (bicyclic) bond motifs is 1. The Morgan fingerprint density at radius 3 is 2.69 bits per heavy atom. The molecule has 0 aliphatic rings. The van der Waals surface area contributed by atoms with Gasteiger partial charge in [0.25, 0.3) is 0 Å². The first-order valence-corrected chi connectivity index (χ1v) is 10.4. The van der Waals surface area contributed by atoms with E-state index in [1.807, 2.05) is 18.2 Å². The molecule has 2 aromatic rings. The summed E-state index contributed by atoms with van der Waals surface area (Å²) >= 11 is 0. The van der Waals surface area contributed by atoms with Gasteiger partial charge in [-0.3, -0.25) is 4.57 Å². The molecule has 2 rings (SSSR count). The quantitative estimate of drug-likeness (QED) is 0.832. The molecule has 0 saturated carbocycles. The Bertz CT molecular complexity index is 566. The number of hydrogen-bond donors (Lipinski definition) is 2. The molecule has 0 radical (unpaired) electrons. The van der Waals surface area contributed by atoms with Crippen LogP contribution in [-0.4, -0.2) is 14.8 Å². The summed E-state index contributed by atoms with van der Waals surface area (Å²) in [5.41, 5.74) is 0. The van der Waals surface area contributed by atoms with E-state index in [-0.39, 0.29) is 11.8 Å². The van der Waals surface area contributed by atoms with Gasteiger partial charge >= 0.3 is 0 Å². The van der Waals surface area contributed by atoms with Crippen molar-refractivity contribution in [1.82, 2.24) is 4.57 Å². The van der Waals surface area contributed by atoms with Gasteiger partial charge < -0.3 is 10.2 Å². The summed E-state index contributed by atoms with van der Waals surface area (Å²) in [6, 6.07) is 5.69. The van der Waals surface area contributed by atoms with Crippen molar-refractivity contribution in [2.45, 2.75) is 0 Å². The fraction of sp³-hybridized carbons (Fsp3) is 0.111. The Hall–Kier alpha value is -0.180. The predicted octanol–water partition coefficient (Wildman–Crippen LogP) is 3.41. The maximum atomic E-state index is 9.99. The SMILES string of the molecule is Cn1c(O)c2cccc(P(P)P=P)c2c1O. The molecular formula is C9H11NO2P4. The average molecular weight is 289 g/mol. The highest BCUT2D eigenvalue weighted by atomic mass is 32.5. The minimum absolute atomic E-state index is 0.105. The number of rotatable bonds is 2. The molecular weight excluding hydrogens is 278 g/mol. The van der Waals surface area contributed by atoms with Crippen LogP contribution in [-0.2, 0) is 7.05 Å². The molecule has 2 N–H and O–H groups in total. The van der Waals surface area contributed by atoms with Crippen LogP contribution in [0.25, 0.3) is 10.8 Å². The lowest BCUT2D eigenvalue weighted by Gasteiger charge is -2.07. The van der Waals surface area contributed by atoms with Crippen molar-refractivity contribution in [3.63, 3.8) is 0 Å². The molecule has 7 heteroatoms. The highest BCUT2D eigenvalue weighted by Gasteiger charge is 2.18. The average Bonchev–Trinajstić information content (AvgIpc) is 2.54. The van der Waals surface area contributed by atoms with Gasteiger partial charge in [-0.2, -0.15) is 0 Å². The Morgan fingerprint density at radius 1 is 1.38 bits per heavy atom. The lowest BCUT2D eigenvalue weighted by atomic mass is 10.2. The van der Waals surface area contributed by atoms with Crippen molar-refractivity contribution < 1.29 is 10.2 Å².